The first-order valence-electron chi connectivity index (χ1n) is 8.91. The van der Waals surface area contributed by atoms with Gasteiger partial charge in [0.1, 0.15) is 11.5 Å². The molecule has 0 bridgehead atoms. The third kappa shape index (κ3) is 3.12. The third-order valence-electron chi connectivity index (χ3n) is 5.37. The number of likely N-dealkylation sites (N-methyl/N-ethyl adjacent to an activating group) is 1. The number of rotatable bonds is 3. The number of halogens is 2. The van der Waals surface area contributed by atoms with Crippen LogP contribution in [-0.2, 0) is 12.8 Å². The molecule has 0 radical (unpaired) electrons. The predicted octanol–water partition coefficient (Wildman–Crippen LogP) is 2.66. The van der Waals surface area contributed by atoms with Gasteiger partial charge in [0.2, 0.25) is 0 Å². The molecule has 1 amide bonds. The van der Waals surface area contributed by atoms with Gasteiger partial charge >= 0.3 is 0 Å². The molecule has 0 spiro atoms. The molecule has 1 unspecified atom stereocenters. The lowest BCUT2D eigenvalue weighted by Gasteiger charge is -2.23. The van der Waals surface area contributed by atoms with Gasteiger partial charge in [0.05, 0.1) is 0 Å². The van der Waals surface area contributed by atoms with Crippen molar-refractivity contribution >= 4 is 18.3 Å². The van der Waals surface area contributed by atoms with Crippen LogP contribution in [0.1, 0.15) is 40.2 Å². The van der Waals surface area contributed by atoms with E-state index in [2.05, 4.69) is 10.4 Å². The normalized spacial score (nSPS) is 18.5. The Balaban J connectivity index is 0.00000196. The van der Waals surface area contributed by atoms with Gasteiger partial charge in [0.25, 0.3) is 5.91 Å². The van der Waals surface area contributed by atoms with E-state index in [1.807, 2.05) is 20.0 Å². The lowest BCUT2D eigenvalue weighted by molar-refractivity contribution is 0.0736. The summed E-state index contributed by atoms with van der Waals surface area (Å²) in [6, 6.07) is 5.33. The maximum atomic E-state index is 14.5. The first-order valence-corrected chi connectivity index (χ1v) is 8.91. The first-order chi connectivity index (χ1) is 12.1. The largest absolute Gasteiger partial charge is 0.336 e. The fraction of sp³-hybridized carbons (Fsp3) is 0.474. The van der Waals surface area contributed by atoms with Gasteiger partial charge in [-0.25, -0.2) is 9.07 Å². The third-order valence-corrected chi connectivity index (χ3v) is 5.37. The van der Waals surface area contributed by atoms with Crippen molar-refractivity contribution in [1.82, 2.24) is 20.0 Å². The Kier molecular flexibility index (Phi) is 5.34. The molecule has 1 aromatic heterocycles. The summed E-state index contributed by atoms with van der Waals surface area (Å²) in [5, 5.41) is 7.84. The van der Waals surface area contributed by atoms with Gasteiger partial charge in [-0.15, -0.1) is 12.4 Å². The molecule has 2 aliphatic rings. The van der Waals surface area contributed by atoms with E-state index in [1.54, 1.807) is 15.6 Å². The van der Waals surface area contributed by atoms with Gasteiger partial charge in [-0.2, -0.15) is 5.10 Å². The Morgan fingerprint density at radius 2 is 2.19 bits per heavy atom. The molecule has 4 rings (SSSR count). The highest BCUT2D eigenvalue weighted by atomic mass is 35.5. The average molecular weight is 379 g/mol. The van der Waals surface area contributed by atoms with Crippen molar-refractivity contribution in [2.24, 2.45) is 0 Å². The number of hydrogen-bond donors (Lipinski definition) is 1. The number of amides is 1. The van der Waals surface area contributed by atoms with E-state index in [0.29, 0.717) is 11.4 Å². The topological polar surface area (TPSA) is 50.2 Å². The van der Waals surface area contributed by atoms with Gasteiger partial charge < -0.3 is 10.2 Å². The summed E-state index contributed by atoms with van der Waals surface area (Å²) in [5.74, 6) is -0.359. The van der Waals surface area contributed by atoms with Crippen molar-refractivity contribution in [2.45, 2.75) is 38.6 Å². The molecule has 1 aliphatic carbocycles. The Bertz CT molecular complexity index is 829. The second-order valence-corrected chi connectivity index (χ2v) is 7.06. The van der Waals surface area contributed by atoms with E-state index < -0.39 is 0 Å². The fourth-order valence-electron chi connectivity index (χ4n) is 3.89. The van der Waals surface area contributed by atoms with E-state index in [-0.39, 0.29) is 30.2 Å². The summed E-state index contributed by atoms with van der Waals surface area (Å²) in [7, 11) is 1.84. The van der Waals surface area contributed by atoms with Crippen LogP contribution in [0.3, 0.4) is 0 Å². The van der Waals surface area contributed by atoms with Crippen LogP contribution in [0.25, 0.3) is 5.69 Å². The number of carbonyl (C=O) groups excluding carboxylic acids is 1. The van der Waals surface area contributed by atoms with Crippen LogP contribution in [0.15, 0.2) is 18.2 Å². The molecule has 2 aromatic rings. The summed E-state index contributed by atoms with van der Waals surface area (Å²) in [4.78, 5) is 14.8. The molecular weight excluding hydrogens is 355 g/mol. The molecule has 140 valence electrons. The number of hydrogen-bond acceptors (Lipinski definition) is 3. The zero-order valence-corrected chi connectivity index (χ0v) is 15.9. The lowest BCUT2D eigenvalue weighted by atomic mass is 10.1. The highest BCUT2D eigenvalue weighted by Crippen LogP contribution is 2.30. The molecule has 2 heterocycles. The Morgan fingerprint density at radius 1 is 1.38 bits per heavy atom. The molecule has 1 atom stereocenters. The summed E-state index contributed by atoms with van der Waals surface area (Å²) in [5.41, 5.74) is 3.75. The molecule has 26 heavy (non-hydrogen) atoms. The smallest absolute Gasteiger partial charge is 0.274 e. The number of fused-ring (bicyclic) bond motifs is 1. The van der Waals surface area contributed by atoms with Crippen LogP contribution in [0, 0.1) is 12.7 Å². The zero-order valence-electron chi connectivity index (χ0n) is 15.1. The van der Waals surface area contributed by atoms with Crippen LogP contribution >= 0.6 is 12.4 Å². The molecule has 1 aliphatic heterocycles. The molecule has 1 fully saturated rings. The van der Waals surface area contributed by atoms with E-state index >= 15 is 0 Å². The van der Waals surface area contributed by atoms with E-state index in [9.17, 15) is 9.18 Å². The second-order valence-electron chi connectivity index (χ2n) is 7.06. The van der Waals surface area contributed by atoms with Crippen LogP contribution in [0.4, 0.5) is 4.39 Å². The number of nitrogens with one attached hydrogen (secondary N) is 1. The minimum Gasteiger partial charge on any atom is -0.336 e. The van der Waals surface area contributed by atoms with Crippen LogP contribution in [-0.4, -0.2) is 46.8 Å². The molecule has 0 saturated carbocycles. The summed E-state index contributed by atoms with van der Waals surface area (Å²) in [6.07, 6.45) is 3.60. The van der Waals surface area contributed by atoms with E-state index in [0.717, 1.165) is 55.6 Å². The molecule has 5 nitrogen and oxygen atoms in total. The Morgan fingerprint density at radius 3 is 2.88 bits per heavy atom. The van der Waals surface area contributed by atoms with Crippen molar-refractivity contribution < 1.29 is 9.18 Å². The fourth-order valence-corrected chi connectivity index (χ4v) is 3.89. The second kappa shape index (κ2) is 7.37. The van der Waals surface area contributed by atoms with Crippen LogP contribution in [0.5, 0.6) is 0 Å². The zero-order chi connectivity index (χ0) is 17.6. The summed E-state index contributed by atoms with van der Waals surface area (Å²) >= 11 is 0. The van der Waals surface area contributed by atoms with Crippen molar-refractivity contribution in [3.05, 3.63) is 46.5 Å². The highest BCUT2D eigenvalue weighted by molar-refractivity contribution is 5.94. The van der Waals surface area contributed by atoms with Crippen LogP contribution in [0.2, 0.25) is 0 Å². The van der Waals surface area contributed by atoms with Gasteiger partial charge in [-0.05, 0) is 56.8 Å². The molecule has 1 aromatic carbocycles. The van der Waals surface area contributed by atoms with Crippen molar-refractivity contribution in [3.8, 4) is 5.69 Å². The quantitative estimate of drug-likeness (QED) is 0.893. The minimum atomic E-state index is -0.301. The van der Waals surface area contributed by atoms with Crippen LogP contribution < -0.4 is 5.32 Å². The summed E-state index contributed by atoms with van der Waals surface area (Å²) < 4.78 is 16.1. The monoisotopic (exact) mass is 378 g/mol. The Labute approximate surface area is 159 Å². The van der Waals surface area contributed by atoms with Crippen molar-refractivity contribution in [3.63, 3.8) is 0 Å². The molecular formula is C19H24ClFN4O. The maximum Gasteiger partial charge on any atom is 0.274 e. The van der Waals surface area contributed by atoms with Gasteiger partial charge in [-0.3, -0.25) is 4.79 Å². The first kappa shape index (κ1) is 18.9. The van der Waals surface area contributed by atoms with Gasteiger partial charge in [0, 0.05) is 30.9 Å². The van der Waals surface area contributed by atoms with Gasteiger partial charge in [0.15, 0.2) is 5.69 Å². The highest BCUT2D eigenvalue weighted by Gasteiger charge is 2.32. The average Bonchev–Trinajstić information content (AvgIpc) is 3.31. The predicted molar refractivity (Wildman–Crippen MR) is 101 cm³/mol. The van der Waals surface area contributed by atoms with Gasteiger partial charge in [-0.1, -0.05) is 6.07 Å². The SMILES string of the molecule is Cc1ccc(-n2nc(C(=O)N(C)C3CCNC3)c3c2CCC3)c(F)c1.Cl. The van der Waals surface area contributed by atoms with E-state index in [1.165, 1.54) is 6.07 Å². The molecule has 1 saturated heterocycles. The number of aromatic nitrogens is 2. The lowest BCUT2D eigenvalue weighted by Crippen LogP contribution is -2.39. The Hall–Kier alpha value is -1.92. The number of aryl methyl sites for hydroxylation is 1. The number of benzene rings is 1. The molecule has 7 heteroatoms. The van der Waals surface area contributed by atoms with Crippen molar-refractivity contribution in [2.75, 3.05) is 20.1 Å². The molecule has 1 N–H and O–H groups in total. The minimum absolute atomic E-state index is 0. The maximum absolute atomic E-state index is 14.5. The number of nitrogens with zero attached hydrogens (tertiary/aromatic N) is 3. The number of carbonyl (C=O) groups is 1. The standard InChI is InChI=1S/C19H23FN4O.ClH/c1-12-6-7-17(15(20)10-12)24-16-5-3-4-14(16)18(22-24)19(25)23(2)13-8-9-21-11-13;/h6-7,10,13,21H,3-5,8-9,11H2,1-2H3;1H. The van der Waals surface area contributed by atoms with Crippen molar-refractivity contribution in [1.29, 1.82) is 0 Å². The summed E-state index contributed by atoms with van der Waals surface area (Å²) in [6.45, 7) is 3.61. The van der Waals surface area contributed by atoms with E-state index in [4.69, 9.17) is 0 Å².